The Morgan fingerprint density at radius 1 is 1.36 bits per heavy atom. The SMILES string of the molecule is CCn1c(=C(C#N)C#N)s/c(=C/c2ccc(Cl)cc2Cl)c1=O. The summed E-state index contributed by atoms with van der Waals surface area (Å²) >= 11 is 13.0. The molecule has 0 amide bonds. The minimum atomic E-state index is -0.253. The van der Waals surface area contributed by atoms with Crippen molar-refractivity contribution in [2.24, 2.45) is 0 Å². The van der Waals surface area contributed by atoms with E-state index < -0.39 is 0 Å². The van der Waals surface area contributed by atoms with Crippen molar-refractivity contribution < 1.29 is 0 Å². The van der Waals surface area contributed by atoms with Crippen LogP contribution in [0.15, 0.2) is 23.0 Å². The maximum absolute atomic E-state index is 12.4. The van der Waals surface area contributed by atoms with Crippen LogP contribution in [0.1, 0.15) is 12.5 Å². The lowest BCUT2D eigenvalue weighted by molar-refractivity contribution is 0.722. The van der Waals surface area contributed by atoms with E-state index in [9.17, 15) is 4.79 Å². The van der Waals surface area contributed by atoms with Gasteiger partial charge in [-0.15, -0.1) is 11.3 Å². The molecule has 0 aliphatic rings. The lowest BCUT2D eigenvalue weighted by Crippen LogP contribution is -2.31. The number of nitriles is 2. The van der Waals surface area contributed by atoms with Crippen LogP contribution < -0.4 is 14.8 Å². The molecule has 0 radical (unpaired) electrons. The highest BCUT2D eigenvalue weighted by molar-refractivity contribution is 7.07. The summed E-state index contributed by atoms with van der Waals surface area (Å²) in [5.74, 6) is 0. The normalized spacial score (nSPS) is 11.0. The van der Waals surface area contributed by atoms with Gasteiger partial charge in [0.25, 0.3) is 5.56 Å². The third-order valence-corrected chi connectivity index (χ3v) is 4.60. The van der Waals surface area contributed by atoms with E-state index in [1.807, 2.05) is 12.1 Å². The summed E-state index contributed by atoms with van der Waals surface area (Å²) in [6.07, 6.45) is 1.63. The van der Waals surface area contributed by atoms with Gasteiger partial charge in [-0.25, -0.2) is 0 Å². The highest BCUT2D eigenvalue weighted by Gasteiger charge is 2.08. The Morgan fingerprint density at radius 3 is 2.59 bits per heavy atom. The van der Waals surface area contributed by atoms with Crippen LogP contribution in [0.25, 0.3) is 11.6 Å². The molecule has 1 aromatic carbocycles. The summed E-state index contributed by atoms with van der Waals surface area (Å²) in [6.45, 7) is 2.16. The van der Waals surface area contributed by atoms with Gasteiger partial charge in [-0.2, -0.15) is 10.5 Å². The molecule has 0 saturated carbocycles. The number of hydrogen-bond donors (Lipinski definition) is 0. The molecule has 0 N–H and O–H groups in total. The second kappa shape index (κ2) is 6.81. The van der Waals surface area contributed by atoms with Gasteiger partial charge in [0.1, 0.15) is 16.8 Å². The Labute approximate surface area is 140 Å². The molecule has 0 bridgehead atoms. The lowest BCUT2D eigenvalue weighted by Gasteiger charge is -1.97. The maximum atomic E-state index is 12.4. The van der Waals surface area contributed by atoms with E-state index in [1.165, 1.54) is 4.57 Å². The summed E-state index contributed by atoms with van der Waals surface area (Å²) in [5.41, 5.74) is 0.317. The van der Waals surface area contributed by atoms with Crippen LogP contribution in [0.3, 0.4) is 0 Å². The van der Waals surface area contributed by atoms with E-state index in [0.717, 1.165) is 11.3 Å². The molecule has 0 saturated heterocycles. The summed E-state index contributed by atoms with van der Waals surface area (Å²) in [7, 11) is 0. The molecule has 4 nitrogen and oxygen atoms in total. The van der Waals surface area contributed by atoms with Gasteiger partial charge < -0.3 is 0 Å². The van der Waals surface area contributed by atoms with Gasteiger partial charge >= 0.3 is 0 Å². The van der Waals surface area contributed by atoms with Crippen LogP contribution in [0.4, 0.5) is 0 Å². The minimum Gasteiger partial charge on any atom is -0.298 e. The summed E-state index contributed by atoms with van der Waals surface area (Å²) in [5, 5.41) is 18.9. The first-order chi connectivity index (χ1) is 10.5. The number of nitrogens with zero attached hydrogens (tertiary/aromatic N) is 3. The molecule has 1 aromatic heterocycles. The van der Waals surface area contributed by atoms with Gasteiger partial charge in [0.2, 0.25) is 0 Å². The molecular formula is C15H9Cl2N3OS. The monoisotopic (exact) mass is 349 g/mol. The molecular weight excluding hydrogens is 341 g/mol. The molecule has 0 spiro atoms. The third kappa shape index (κ3) is 3.08. The van der Waals surface area contributed by atoms with Crippen molar-refractivity contribution in [2.45, 2.75) is 13.5 Å². The van der Waals surface area contributed by atoms with Crippen LogP contribution in [-0.2, 0) is 6.54 Å². The van der Waals surface area contributed by atoms with Gasteiger partial charge in [0.05, 0.1) is 4.53 Å². The van der Waals surface area contributed by atoms with Gasteiger partial charge in [-0.05, 0) is 30.7 Å². The average Bonchev–Trinajstić information content (AvgIpc) is 2.80. The molecule has 2 rings (SSSR count). The van der Waals surface area contributed by atoms with Crippen LogP contribution in [0.5, 0.6) is 0 Å². The van der Waals surface area contributed by atoms with E-state index in [4.69, 9.17) is 33.7 Å². The predicted octanol–water partition coefficient (Wildman–Crippen LogP) is 2.26. The first-order valence-electron chi connectivity index (χ1n) is 6.22. The second-order valence-corrected chi connectivity index (χ2v) is 6.10. The largest absolute Gasteiger partial charge is 0.298 e. The van der Waals surface area contributed by atoms with Crippen molar-refractivity contribution in [3.05, 3.63) is 53.4 Å². The number of aromatic nitrogens is 1. The lowest BCUT2D eigenvalue weighted by atomic mass is 10.2. The predicted molar refractivity (Wildman–Crippen MR) is 88.2 cm³/mol. The Morgan fingerprint density at radius 2 is 2.05 bits per heavy atom. The smallest absolute Gasteiger partial charge is 0.269 e. The van der Waals surface area contributed by atoms with Gasteiger partial charge in [-0.3, -0.25) is 9.36 Å². The summed E-state index contributed by atoms with van der Waals surface area (Å²) in [6, 6.07) is 8.60. The molecule has 0 aliphatic heterocycles. The zero-order valence-corrected chi connectivity index (χ0v) is 13.8. The minimum absolute atomic E-state index is 0.0780. The van der Waals surface area contributed by atoms with Gasteiger partial charge in [0.15, 0.2) is 5.57 Å². The topological polar surface area (TPSA) is 69.6 Å². The summed E-state index contributed by atoms with van der Waals surface area (Å²) < 4.78 is 2.17. The molecule has 2 aromatic rings. The fourth-order valence-electron chi connectivity index (χ4n) is 1.87. The Bertz CT molecular complexity index is 974. The quantitative estimate of drug-likeness (QED) is 0.834. The first kappa shape index (κ1) is 16.3. The third-order valence-electron chi connectivity index (χ3n) is 2.91. The van der Waals surface area contributed by atoms with Crippen molar-refractivity contribution in [3.63, 3.8) is 0 Å². The second-order valence-electron chi connectivity index (χ2n) is 4.23. The van der Waals surface area contributed by atoms with Crippen molar-refractivity contribution in [1.82, 2.24) is 4.57 Å². The first-order valence-corrected chi connectivity index (χ1v) is 7.80. The molecule has 0 unspecified atom stereocenters. The van der Waals surface area contributed by atoms with E-state index in [1.54, 1.807) is 31.2 Å². The molecule has 110 valence electrons. The van der Waals surface area contributed by atoms with Gasteiger partial charge in [-0.1, -0.05) is 29.3 Å². The molecule has 0 fully saturated rings. The molecule has 7 heteroatoms. The zero-order valence-electron chi connectivity index (χ0n) is 11.4. The highest BCUT2D eigenvalue weighted by atomic mass is 35.5. The molecule has 1 heterocycles. The Hall–Kier alpha value is -2.05. The van der Waals surface area contributed by atoms with E-state index in [-0.39, 0.29) is 11.1 Å². The number of rotatable bonds is 2. The zero-order chi connectivity index (χ0) is 16.3. The van der Waals surface area contributed by atoms with Crippen molar-refractivity contribution in [3.8, 4) is 12.1 Å². The fourth-order valence-corrected chi connectivity index (χ4v) is 3.44. The van der Waals surface area contributed by atoms with Crippen molar-refractivity contribution in [1.29, 1.82) is 10.5 Å². The van der Waals surface area contributed by atoms with Crippen molar-refractivity contribution in [2.75, 3.05) is 0 Å². The Kier molecular flexibility index (Phi) is 5.05. The van der Waals surface area contributed by atoms with Crippen LogP contribution in [0, 0.1) is 22.7 Å². The van der Waals surface area contributed by atoms with E-state index in [2.05, 4.69) is 0 Å². The molecule has 22 heavy (non-hydrogen) atoms. The highest BCUT2D eigenvalue weighted by Crippen LogP contribution is 2.21. The number of benzene rings is 1. The van der Waals surface area contributed by atoms with E-state index in [0.29, 0.717) is 31.3 Å². The van der Waals surface area contributed by atoms with Crippen LogP contribution in [-0.4, -0.2) is 4.57 Å². The standard InChI is InChI=1S/C15H9Cl2N3OS/c1-2-20-14(21)13(22-15(20)10(7-18)8-19)5-9-3-4-11(16)6-12(9)17/h3-6H,2H2,1H3/b13-5+. The molecule has 0 atom stereocenters. The number of halogens is 2. The summed E-state index contributed by atoms with van der Waals surface area (Å²) in [4.78, 5) is 12.4. The van der Waals surface area contributed by atoms with Gasteiger partial charge in [0, 0.05) is 16.6 Å². The van der Waals surface area contributed by atoms with Crippen molar-refractivity contribution >= 4 is 46.2 Å². The molecule has 0 aliphatic carbocycles. The number of thiazole rings is 1. The van der Waals surface area contributed by atoms with Crippen LogP contribution >= 0.6 is 34.5 Å². The van der Waals surface area contributed by atoms with Crippen LogP contribution in [0.2, 0.25) is 10.0 Å². The maximum Gasteiger partial charge on any atom is 0.269 e. The van der Waals surface area contributed by atoms with E-state index >= 15 is 0 Å². The number of hydrogen-bond acceptors (Lipinski definition) is 4. The average molecular weight is 350 g/mol. The fraction of sp³-hybridized carbons (Fsp3) is 0.133. The Balaban J connectivity index is 2.82.